The van der Waals surface area contributed by atoms with Crippen LogP contribution in [0.5, 0.6) is 0 Å². The van der Waals surface area contributed by atoms with E-state index in [4.69, 9.17) is 0 Å². The van der Waals surface area contributed by atoms with Crippen molar-refractivity contribution in [2.75, 3.05) is 9.44 Å². The molecule has 0 amide bonds. The lowest BCUT2D eigenvalue weighted by Crippen LogP contribution is -2.16. The number of hydrogen-bond donors (Lipinski definition) is 2. The number of aryl methyl sites for hydroxylation is 2. The fourth-order valence-electron chi connectivity index (χ4n) is 2.54. The van der Waals surface area contributed by atoms with Crippen LogP contribution in [0, 0.1) is 13.8 Å². The van der Waals surface area contributed by atoms with E-state index in [1.807, 2.05) is 6.92 Å². The highest BCUT2D eigenvalue weighted by atomic mass is 32.2. The summed E-state index contributed by atoms with van der Waals surface area (Å²) in [4.78, 5) is 7.74. The van der Waals surface area contributed by atoms with Crippen molar-refractivity contribution in [3.05, 3.63) is 72.1 Å². The van der Waals surface area contributed by atoms with E-state index in [0.29, 0.717) is 5.56 Å². The summed E-state index contributed by atoms with van der Waals surface area (Å²) in [7, 11) is -7.68. The third-order valence-corrected chi connectivity index (χ3v) is 6.71. The summed E-state index contributed by atoms with van der Waals surface area (Å²) in [5.74, 6) is -0.0536. The minimum atomic E-state index is -3.89. The van der Waals surface area contributed by atoms with Crippen molar-refractivity contribution in [2.24, 2.45) is 0 Å². The van der Waals surface area contributed by atoms with Crippen molar-refractivity contribution in [2.45, 2.75) is 23.6 Å². The number of nitrogens with zero attached hydrogens (tertiary/aromatic N) is 2. The maximum absolute atomic E-state index is 12.6. The van der Waals surface area contributed by atoms with Gasteiger partial charge in [-0.1, -0.05) is 17.7 Å². The predicted molar refractivity (Wildman–Crippen MR) is 106 cm³/mol. The molecule has 0 aliphatic carbocycles. The fraction of sp³-hybridized carbons (Fsp3) is 0.111. The minimum Gasteiger partial charge on any atom is -0.280 e. The first-order valence-electron chi connectivity index (χ1n) is 8.17. The average molecular weight is 419 g/mol. The van der Waals surface area contributed by atoms with Crippen LogP contribution >= 0.6 is 0 Å². The van der Waals surface area contributed by atoms with E-state index in [9.17, 15) is 16.8 Å². The SMILES string of the molecule is Cc1ccc(S(=O)(=O)Nc2ccc(S(=O)(=O)Nc3ncccn3)cc2)c(C)c1. The zero-order chi connectivity index (χ0) is 20.4. The third kappa shape index (κ3) is 4.46. The molecule has 10 heteroatoms. The van der Waals surface area contributed by atoms with E-state index in [1.165, 1.54) is 42.7 Å². The molecule has 0 saturated heterocycles. The molecule has 0 saturated carbocycles. The molecule has 0 bridgehead atoms. The number of hydrogen-bond acceptors (Lipinski definition) is 6. The van der Waals surface area contributed by atoms with E-state index in [1.54, 1.807) is 25.1 Å². The van der Waals surface area contributed by atoms with Gasteiger partial charge in [0.1, 0.15) is 0 Å². The zero-order valence-corrected chi connectivity index (χ0v) is 16.8. The summed E-state index contributed by atoms with van der Waals surface area (Å²) in [6.07, 6.45) is 2.82. The molecular formula is C18H18N4O4S2. The molecule has 0 aliphatic rings. The van der Waals surface area contributed by atoms with Crippen molar-refractivity contribution in [1.29, 1.82) is 0 Å². The van der Waals surface area contributed by atoms with Crippen LogP contribution in [0.2, 0.25) is 0 Å². The maximum atomic E-state index is 12.6. The summed E-state index contributed by atoms with van der Waals surface area (Å²) < 4.78 is 54.6. The molecule has 1 aromatic heterocycles. The smallest absolute Gasteiger partial charge is 0.264 e. The van der Waals surface area contributed by atoms with Gasteiger partial charge in [-0.05, 0) is 55.8 Å². The number of anilines is 2. The van der Waals surface area contributed by atoms with Gasteiger partial charge in [0, 0.05) is 18.1 Å². The second kappa shape index (κ2) is 7.56. The van der Waals surface area contributed by atoms with Crippen LogP contribution in [-0.2, 0) is 20.0 Å². The average Bonchev–Trinajstić information content (AvgIpc) is 2.62. The highest BCUT2D eigenvalue weighted by Crippen LogP contribution is 2.22. The summed E-state index contributed by atoms with van der Waals surface area (Å²) in [6.45, 7) is 3.60. The first-order valence-corrected chi connectivity index (χ1v) is 11.1. The van der Waals surface area contributed by atoms with Crippen molar-refractivity contribution in [3.8, 4) is 0 Å². The maximum Gasteiger partial charge on any atom is 0.264 e. The Hall–Kier alpha value is -2.98. The van der Waals surface area contributed by atoms with Crippen LogP contribution in [0.3, 0.4) is 0 Å². The molecular weight excluding hydrogens is 400 g/mol. The summed E-state index contributed by atoms with van der Waals surface area (Å²) in [5, 5.41) is 0. The van der Waals surface area contributed by atoms with E-state index in [2.05, 4.69) is 19.4 Å². The molecule has 2 N–H and O–H groups in total. The monoisotopic (exact) mass is 418 g/mol. The molecule has 3 rings (SSSR count). The Morgan fingerprint density at radius 3 is 2.04 bits per heavy atom. The molecule has 8 nitrogen and oxygen atoms in total. The quantitative estimate of drug-likeness (QED) is 0.635. The number of rotatable bonds is 6. The Morgan fingerprint density at radius 1 is 0.786 bits per heavy atom. The molecule has 0 unspecified atom stereocenters. The standard InChI is InChI=1S/C18H18N4O4S2/c1-13-4-9-17(14(2)12-13)28(25,26)21-15-5-7-16(8-6-15)27(23,24)22-18-19-10-3-11-20-18/h3-12,21H,1-2H3,(H,19,20,22). The van der Waals surface area contributed by atoms with Gasteiger partial charge >= 0.3 is 0 Å². The van der Waals surface area contributed by atoms with Crippen molar-refractivity contribution in [1.82, 2.24) is 9.97 Å². The molecule has 28 heavy (non-hydrogen) atoms. The summed E-state index contributed by atoms with van der Waals surface area (Å²) in [5.41, 5.74) is 1.83. The highest BCUT2D eigenvalue weighted by Gasteiger charge is 2.19. The van der Waals surface area contributed by atoms with E-state index < -0.39 is 20.0 Å². The Kier molecular flexibility index (Phi) is 5.34. The largest absolute Gasteiger partial charge is 0.280 e. The van der Waals surface area contributed by atoms with Crippen LogP contribution in [0.4, 0.5) is 11.6 Å². The fourth-order valence-corrected chi connectivity index (χ4v) is 4.79. The Labute approximate surface area is 163 Å². The third-order valence-electron chi connectivity index (χ3n) is 3.83. The second-order valence-electron chi connectivity index (χ2n) is 6.08. The minimum absolute atomic E-state index is 0.0468. The molecule has 0 fully saturated rings. The normalized spacial score (nSPS) is 11.8. The molecule has 0 spiro atoms. The topological polar surface area (TPSA) is 118 Å². The molecule has 1 heterocycles. The molecule has 0 radical (unpaired) electrons. The lowest BCUT2D eigenvalue weighted by atomic mass is 10.2. The van der Waals surface area contributed by atoms with Crippen molar-refractivity contribution in [3.63, 3.8) is 0 Å². The van der Waals surface area contributed by atoms with Gasteiger partial charge in [0.2, 0.25) is 5.95 Å². The number of sulfonamides is 2. The van der Waals surface area contributed by atoms with Crippen LogP contribution < -0.4 is 9.44 Å². The van der Waals surface area contributed by atoms with Crippen molar-refractivity contribution < 1.29 is 16.8 Å². The van der Waals surface area contributed by atoms with Gasteiger partial charge in [0.05, 0.1) is 9.79 Å². The van der Waals surface area contributed by atoms with E-state index >= 15 is 0 Å². The predicted octanol–water partition coefficient (Wildman–Crippen LogP) is 2.70. The zero-order valence-electron chi connectivity index (χ0n) is 15.1. The van der Waals surface area contributed by atoms with Gasteiger partial charge in [0.15, 0.2) is 0 Å². The lowest BCUT2D eigenvalue weighted by Gasteiger charge is -2.12. The molecule has 146 valence electrons. The number of aromatic nitrogens is 2. The van der Waals surface area contributed by atoms with Crippen LogP contribution in [0.25, 0.3) is 0 Å². The Morgan fingerprint density at radius 2 is 1.43 bits per heavy atom. The molecule has 3 aromatic rings. The lowest BCUT2D eigenvalue weighted by molar-refractivity contribution is 0.599. The van der Waals surface area contributed by atoms with E-state index in [0.717, 1.165) is 5.56 Å². The summed E-state index contributed by atoms with van der Waals surface area (Å²) in [6, 6.07) is 11.9. The van der Waals surface area contributed by atoms with Gasteiger partial charge < -0.3 is 0 Å². The van der Waals surface area contributed by atoms with Crippen LogP contribution in [0.1, 0.15) is 11.1 Å². The van der Waals surface area contributed by atoms with E-state index in [-0.39, 0.29) is 21.4 Å². The number of benzene rings is 2. The van der Waals surface area contributed by atoms with Gasteiger partial charge in [0.25, 0.3) is 20.0 Å². The van der Waals surface area contributed by atoms with Crippen LogP contribution in [0.15, 0.2) is 70.7 Å². The van der Waals surface area contributed by atoms with Crippen LogP contribution in [-0.4, -0.2) is 26.8 Å². The second-order valence-corrected chi connectivity index (χ2v) is 9.41. The first-order chi connectivity index (χ1) is 13.2. The van der Waals surface area contributed by atoms with Gasteiger partial charge in [-0.2, -0.15) is 0 Å². The van der Waals surface area contributed by atoms with Crippen molar-refractivity contribution >= 4 is 31.7 Å². The van der Waals surface area contributed by atoms with Gasteiger partial charge in [-0.25, -0.2) is 31.5 Å². The first kappa shape index (κ1) is 19.8. The Balaban J connectivity index is 1.81. The summed E-state index contributed by atoms with van der Waals surface area (Å²) >= 11 is 0. The van der Waals surface area contributed by atoms with Gasteiger partial charge in [-0.15, -0.1) is 0 Å². The Bertz CT molecular complexity index is 1190. The molecule has 0 atom stereocenters. The highest BCUT2D eigenvalue weighted by molar-refractivity contribution is 7.93. The van der Waals surface area contributed by atoms with Gasteiger partial charge in [-0.3, -0.25) is 4.72 Å². The molecule has 2 aromatic carbocycles. The number of nitrogens with one attached hydrogen (secondary N) is 2. The molecule has 0 aliphatic heterocycles.